The molecule has 0 radical (unpaired) electrons. The van der Waals surface area contributed by atoms with Crippen molar-refractivity contribution in [2.75, 3.05) is 12.0 Å². The third-order valence-electron chi connectivity index (χ3n) is 4.98. The molecule has 1 aliphatic heterocycles. The number of aryl methyl sites for hydroxylation is 1. The maximum Gasteiger partial charge on any atom is 0.243 e. The van der Waals surface area contributed by atoms with Crippen LogP contribution in [0.25, 0.3) is 0 Å². The van der Waals surface area contributed by atoms with Gasteiger partial charge >= 0.3 is 0 Å². The molecule has 0 bridgehead atoms. The van der Waals surface area contributed by atoms with Gasteiger partial charge in [-0.2, -0.15) is 0 Å². The second kappa shape index (κ2) is 8.71. The number of para-hydroxylation sites is 1. The van der Waals surface area contributed by atoms with E-state index in [1.807, 2.05) is 55.5 Å². The Morgan fingerprint density at radius 1 is 1.15 bits per heavy atom. The zero-order valence-electron chi connectivity index (χ0n) is 15.9. The number of anilines is 1. The maximum atomic E-state index is 12.9. The minimum atomic E-state index is -0.505. The van der Waals surface area contributed by atoms with Gasteiger partial charge in [0.05, 0.1) is 7.11 Å². The van der Waals surface area contributed by atoms with Gasteiger partial charge in [-0.25, -0.2) is 0 Å². The van der Waals surface area contributed by atoms with Crippen LogP contribution in [0.1, 0.15) is 37.3 Å². The summed E-state index contributed by atoms with van der Waals surface area (Å²) in [5.41, 5.74) is 2.98. The van der Waals surface area contributed by atoms with E-state index in [2.05, 4.69) is 5.32 Å². The van der Waals surface area contributed by atoms with Gasteiger partial charge < -0.3 is 10.1 Å². The zero-order chi connectivity index (χ0) is 19.2. The summed E-state index contributed by atoms with van der Waals surface area (Å²) >= 11 is 0. The number of rotatable bonds is 6. The molecule has 2 amide bonds. The van der Waals surface area contributed by atoms with Gasteiger partial charge in [-0.05, 0) is 48.6 Å². The lowest BCUT2D eigenvalue weighted by Gasteiger charge is -2.30. The summed E-state index contributed by atoms with van der Waals surface area (Å²) in [6.45, 7) is 2.36. The molecule has 27 heavy (non-hydrogen) atoms. The SMILES string of the molecule is CCC(C(=O)NCc1ccc(OC)cc1)N1C(=O)CCCc2ccccc21. The van der Waals surface area contributed by atoms with Crippen LogP contribution in [0.2, 0.25) is 0 Å². The second-order valence-electron chi connectivity index (χ2n) is 6.74. The highest BCUT2D eigenvalue weighted by atomic mass is 16.5. The van der Waals surface area contributed by atoms with Crippen LogP contribution < -0.4 is 15.0 Å². The summed E-state index contributed by atoms with van der Waals surface area (Å²) in [7, 11) is 1.62. The Hall–Kier alpha value is -2.82. The molecule has 0 saturated carbocycles. The van der Waals surface area contributed by atoms with Crippen molar-refractivity contribution >= 4 is 17.5 Å². The molecular weight excluding hydrogens is 340 g/mol. The average Bonchev–Trinajstić information content (AvgIpc) is 2.86. The van der Waals surface area contributed by atoms with Gasteiger partial charge in [-0.3, -0.25) is 14.5 Å². The smallest absolute Gasteiger partial charge is 0.243 e. The molecule has 1 unspecified atom stereocenters. The van der Waals surface area contributed by atoms with Crippen molar-refractivity contribution in [2.45, 2.75) is 45.2 Å². The van der Waals surface area contributed by atoms with E-state index in [4.69, 9.17) is 4.74 Å². The minimum absolute atomic E-state index is 0.0198. The maximum absolute atomic E-state index is 12.9. The average molecular weight is 366 g/mol. The molecule has 0 spiro atoms. The fraction of sp³-hybridized carbons (Fsp3) is 0.364. The Morgan fingerprint density at radius 2 is 1.89 bits per heavy atom. The summed E-state index contributed by atoms with van der Waals surface area (Å²) in [6, 6.07) is 15.0. The first-order chi connectivity index (χ1) is 13.1. The quantitative estimate of drug-likeness (QED) is 0.852. The molecule has 2 aromatic carbocycles. The van der Waals surface area contributed by atoms with Gasteiger partial charge in [0.2, 0.25) is 11.8 Å². The molecule has 1 heterocycles. The molecular formula is C22H26N2O3. The van der Waals surface area contributed by atoms with Gasteiger partial charge in [-0.15, -0.1) is 0 Å². The van der Waals surface area contributed by atoms with Crippen LogP contribution in [-0.4, -0.2) is 25.0 Å². The Labute approximate surface area is 160 Å². The summed E-state index contributed by atoms with van der Waals surface area (Å²) < 4.78 is 5.16. The highest BCUT2D eigenvalue weighted by molar-refractivity contribution is 6.01. The summed E-state index contributed by atoms with van der Waals surface area (Å²) in [5, 5.41) is 2.98. The zero-order valence-corrected chi connectivity index (χ0v) is 15.9. The Morgan fingerprint density at radius 3 is 2.59 bits per heavy atom. The third-order valence-corrected chi connectivity index (χ3v) is 4.98. The number of amides is 2. The molecule has 1 N–H and O–H groups in total. The van der Waals surface area contributed by atoms with E-state index in [1.54, 1.807) is 12.0 Å². The van der Waals surface area contributed by atoms with Crippen molar-refractivity contribution in [2.24, 2.45) is 0 Å². The number of benzene rings is 2. The van der Waals surface area contributed by atoms with Crippen LogP contribution in [0.15, 0.2) is 48.5 Å². The van der Waals surface area contributed by atoms with Crippen LogP contribution in [0.5, 0.6) is 5.75 Å². The van der Waals surface area contributed by atoms with E-state index in [0.29, 0.717) is 19.4 Å². The number of fused-ring (bicyclic) bond motifs is 1. The lowest BCUT2D eigenvalue weighted by atomic mass is 10.1. The number of nitrogens with zero attached hydrogens (tertiary/aromatic N) is 1. The van der Waals surface area contributed by atoms with E-state index < -0.39 is 6.04 Å². The molecule has 142 valence electrons. The van der Waals surface area contributed by atoms with Crippen molar-refractivity contribution in [3.05, 3.63) is 59.7 Å². The number of nitrogens with one attached hydrogen (secondary N) is 1. The number of ether oxygens (including phenoxy) is 1. The highest BCUT2D eigenvalue weighted by Crippen LogP contribution is 2.29. The normalized spacial score (nSPS) is 14.9. The van der Waals surface area contributed by atoms with Crippen LogP contribution in [0.4, 0.5) is 5.69 Å². The Bertz CT molecular complexity index is 801. The van der Waals surface area contributed by atoms with Crippen molar-refractivity contribution in [1.82, 2.24) is 5.32 Å². The predicted molar refractivity (Wildman–Crippen MR) is 106 cm³/mol. The minimum Gasteiger partial charge on any atom is -0.497 e. The summed E-state index contributed by atoms with van der Waals surface area (Å²) in [5.74, 6) is 0.674. The monoisotopic (exact) mass is 366 g/mol. The van der Waals surface area contributed by atoms with E-state index in [0.717, 1.165) is 35.4 Å². The molecule has 0 aromatic heterocycles. The van der Waals surface area contributed by atoms with Crippen molar-refractivity contribution in [1.29, 1.82) is 0 Å². The van der Waals surface area contributed by atoms with Gasteiger partial charge in [0.1, 0.15) is 11.8 Å². The number of hydrogen-bond donors (Lipinski definition) is 1. The molecule has 5 heteroatoms. The number of carbonyl (C=O) groups is 2. The van der Waals surface area contributed by atoms with Gasteiger partial charge in [0, 0.05) is 18.7 Å². The van der Waals surface area contributed by atoms with E-state index in [9.17, 15) is 9.59 Å². The van der Waals surface area contributed by atoms with Crippen molar-refractivity contribution in [3.8, 4) is 5.75 Å². The van der Waals surface area contributed by atoms with E-state index in [-0.39, 0.29) is 11.8 Å². The second-order valence-corrected chi connectivity index (χ2v) is 6.74. The molecule has 1 aliphatic rings. The van der Waals surface area contributed by atoms with Crippen LogP contribution >= 0.6 is 0 Å². The van der Waals surface area contributed by atoms with E-state index >= 15 is 0 Å². The number of hydrogen-bond acceptors (Lipinski definition) is 3. The lowest BCUT2D eigenvalue weighted by Crippen LogP contribution is -2.49. The molecule has 0 saturated heterocycles. The first-order valence-electron chi connectivity index (χ1n) is 9.44. The third kappa shape index (κ3) is 4.30. The standard InChI is InChI=1S/C22H26N2O3/c1-3-19(22(26)23-15-16-11-13-18(27-2)14-12-16)24-20-9-5-4-7-17(20)8-6-10-21(24)25/h4-5,7,9,11-14,19H,3,6,8,10,15H2,1-2H3,(H,23,26). The predicted octanol–water partition coefficient (Wildman–Crippen LogP) is 3.46. The summed E-state index contributed by atoms with van der Waals surface area (Å²) in [6.07, 6.45) is 2.71. The largest absolute Gasteiger partial charge is 0.497 e. The Kier molecular flexibility index (Phi) is 6.12. The molecule has 2 aromatic rings. The summed E-state index contributed by atoms with van der Waals surface area (Å²) in [4.78, 5) is 27.4. The highest BCUT2D eigenvalue weighted by Gasteiger charge is 2.32. The number of methoxy groups -OCH3 is 1. The first-order valence-corrected chi connectivity index (χ1v) is 9.44. The lowest BCUT2D eigenvalue weighted by molar-refractivity contribution is -0.126. The number of carbonyl (C=O) groups excluding carboxylic acids is 2. The van der Waals surface area contributed by atoms with E-state index in [1.165, 1.54) is 0 Å². The van der Waals surface area contributed by atoms with Crippen LogP contribution in [0, 0.1) is 0 Å². The first kappa shape index (κ1) is 19.0. The van der Waals surface area contributed by atoms with Crippen molar-refractivity contribution in [3.63, 3.8) is 0 Å². The Balaban J connectivity index is 1.76. The fourth-order valence-electron chi connectivity index (χ4n) is 3.52. The fourth-order valence-corrected chi connectivity index (χ4v) is 3.52. The molecule has 5 nitrogen and oxygen atoms in total. The molecule has 3 rings (SSSR count). The topological polar surface area (TPSA) is 58.6 Å². The van der Waals surface area contributed by atoms with Gasteiger partial charge in [0.25, 0.3) is 0 Å². The van der Waals surface area contributed by atoms with Crippen LogP contribution in [-0.2, 0) is 22.6 Å². The van der Waals surface area contributed by atoms with Crippen molar-refractivity contribution < 1.29 is 14.3 Å². The molecule has 0 aliphatic carbocycles. The van der Waals surface area contributed by atoms with Gasteiger partial charge in [-0.1, -0.05) is 37.3 Å². The molecule has 1 atom stereocenters. The van der Waals surface area contributed by atoms with Gasteiger partial charge in [0.15, 0.2) is 0 Å². The molecule has 0 fully saturated rings. The van der Waals surface area contributed by atoms with Crippen LogP contribution in [0.3, 0.4) is 0 Å².